The summed E-state index contributed by atoms with van der Waals surface area (Å²) >= 11 is 0. The predicted octanol–water partition coefficient (Wildman–Crippen LogP) is 3.32. The molecule has 1 aliphatic heterocycles. The summed E-state index contributed by atoms with van der Waals surface area (Å²) in [6.07, 6.45) is 2.40. The summed E-state index contributed by atoms with van der Waals surface area (Å²) in [4.78, 5) is 19.7. The van der Waals surface area contributed by atoms with E-state index in [0.29, 0.717) is 12.6 Å². The van der Waals surface area contributed by atoms with E-state index in [2.05, 4.69) is 53.1 Å². The zero-order chi connectivity index (χ0) is 20.2. The molecule has 1 amide bonds. The third-order valence-electron chi connectivity index (χ3n) is 5.95. The van der Waals surface area contributed by atoms with Gasteiger partial charge in [0.2, 0.25) is 5.91 Å². The van der Waals surface area contributed by atoms with Crippen LogP contribution in [0.15, 0.2) is 48.5 Å². The number of rotatable bonds is 7. The molecule has 0 N–H and O–H groups in total. The first-order chi connectivity index (χ1) is 14.1. The van der Waals surface area contributed by atoms with Gasteiger partial charge in [0.1, 0.15) is 5.75 Å². The van der Waals surface area contributed by atoms with E-state index in [4.69, 9.17) is 4.74 Å². The lowest BCUT2D eigenvalue weighted by atomic mass is 10.2. The molecule has 2 aromatic carbocycles. The summed E-state index contributed by atoms with van der Waals surface area (Å²) in [5, 5.41) is 0. The second-order valence-electron chi connectivity index (χ2n) is 8.19. The Bertz CT molecular complexity index is 824. The molecule has 0 atom stereocenters. The molecular formula is C24H31N3O2. The third-order valence-corrected chi connectivity index (χ3v) is 5.95. The van der Waals surface area contributed by atoms with Gasteiger partial charge in [0.25, 0.3) is 0 Å². The molecule has 1 saturated carbocycles. The molecule has 2 aliphatic rings. The number of carbonyl (C=O) groups excluding carboxylic acids is 1. The molecular weight excluding hydrogens is 362 g/mol. The maximum atomic E-state index is 13.0. The Kier molecular flexibility index (Phi) is 6.05. The van der Waals surface area contributed by atoms with Crippen LogP contribution in [0.25, 0.3) is 0 Å². The molecule has 0 unspecified atom stereocenters. The average molecular weight is 394 g/mol. The Hall–Kier alpha value is -2.53. The molecule has 0 spiro atoms. The Morgan fingerprint density at radius 2 is 1.79 bits per heavy atom. The highest BCUT2D eigenvalue weighted by Gasteiger charge is 2.32. The van der Waals surface area contributed by atoms with Gasteiger partial charge in [-0.05, 0) is 55.2 Å². The molecule has 0 aromatic heterocycles. The minimum atomic E-state index is 0.259. The van der Waals surface area contributed by atoms with Crippen LogP contribution in [0.1, 0.15) is 24.0 Å². The Labute approximate surface area is 173 Å². The van der Waals surface area contributed by atoms with E-state index in [1.54, 1.807) is 7.11 Å². The van der Waals surface area contributed by atoms with E-state index >= 15 is 0 Å². The third kappa shape index (κ3) is 5.10. The average Bonchev–Trinajstić information content (AvgIpc) is 3.59. The van der Waals surface area contributed by atoms with Crippen LogP contribution in [0.5, 0.6) is 5.75 Å². The Balaban J connectivity index is 1.31. The second-order valence-corrected chi connectivity index (χ2v) is 8.19. The molecule has 1 aliphatic carbocycles. The molecule has 0 bridgehead atoms. The van der Waals surface area contributed by atoms with Crippen LogP contribution < -0.4 is 9.64 Å². The van der Waals surface area contributed by atoms with E-state index in [1.165, 1.54) is 29.7 Å². The van der Waals surface area contributed by atoms with Gasteiger partial charge in [0.15, 0.2) is 0 Å². The molecule has 4 rings (SSSR count). The number of benzene rings is 2. The van der Waals surface area contributed by atoms with Crippen LogP contribution >= 0.6 is 0 Å². The fourth-order valence-electron chi connectivity index (χ4n) is 4.03. The van der Waals surface area contributed by atoms with Crippen LogP contribution in [0, 0.1) is 6.92 Å². The number of anilines is 1. The van der Waals surface area contributed by atoms with Gasteiger partial charge >= 0.3 is 0 Å². The zero-order valence-corrected chi connectivity index (χ0v) is 17.5. The first-order valence-electron chi connectivity index (χ1n) is 10.6. The van der Waals surface area contributed by atoms with E-state index < -0.39 is 0 Å². The molecule has 2 fully saturated rings. The molecule has 1 saturated heterocycles. The van der Waals surface area contributed by atoms with Gasteiger partial charge in [-0.3, -0.25) is 9.69 Å². The number of nitrogens with zero attached hydrogens (tertiary/aromatic N) is 3. The van der Waals surface area contributed by atoms with Crippen molar-refractivity contribution in [1.29, 1.82) is 0 Å². The number of ether oxygens (including phenoxy) is 1. The van der Waals surface area contributed by atoms with Gasteiger partial charge in [-0.1, -0.05) is 24.3 Å². The fourth-order valence-corrected chi connectivity index (χ4v) is 4.03. The van der Waals surface area contributed by atoms with Gasteiger partial charge in [0, 0.05) is 44.5 Å². The summed E-state index contributed by atoms with van der Waals surface area (Å²) in [6, 6.07) is 17.3. The normalized spacial score (nSPS) is 16.9. The summed E-state index contributed by atoms with van der Waals surface area (Å²) < 4.78 is 5.25. The summed E-state index contributed by atoms with van der Waals surface area (Å²) in [5.74, 6) is 1.13. The predicted molar refractivity (Wildman–Crippen MR) is 116 cm³/mol. The van der Waals surface area contributed by atoms with E-state index in [9.17, 15) is 4.79 Å². The largest absolute Gasteiger partial charge is 0.497 e. The Morgan fingerprint density at radius 1 is 1.07 bits per heavy atom. The van der Waals surface area contributed by atoms with Gasteiger partial charge < -0.3 is 14.5 Å². The quantitative estimate of drug-likeness (QED) is 0.723. The highest BCUT2D eigenvalue weighted by atomic mass is 16.5. The minimum Gasteiger partial charge on any atom is -0.497 e. The standard InChI is InChI=1S/C24H31N3O2/c1-19-4-3-5-22(16-19)25-12-14-26(15-13-25)24(28)18-27(21-8-9-21)17-20-6-10-23(29-2)11-7-20/h3-7,10-11,16,21H,8-9,12-15,17-18H2,1-2H3. The second kappa shape index (κ2) is 8.87. The maximum absolute atomic E-state index is 13.0. The zero-order valence-electron chi connectivity index (χ0n) is 17.5. The SMILES string of the molecule is COc1ccc(CN(CC(=O)N2CCN(c3cccc(C)c3)CC2)C2CC2)cc1. The van der Waals surface area contributed by atoms with Crippen molar-refractivity contribution in [3.8, 4) is 5.75 Å². The van der Waals surface area contributed by atoms with Crippen molar-refractivity contribution >= 4 is 11.6 Å². The van der Waals surface area contributed by atoms with Gasteiger partial charge in [-0.2, -0.15) is 0 Å². The lowest BCUT2D eigenvalue weighted by Crippen LogP contribution is -2.51. The molecule has 154 valence electrons. The first kappa shape index (κ1) is 19.8. The van der Waals surface area contributed by atoms with Crippen molar-refractivity contribution in [1.82, 2.24) is 9.80 Å². The highest BCUT2D eigenvalue weighted by molar-refractivity contribution is 5.78. The van der Waals surface area contributed by atoms with Crippen molar-refractivity contribution in [3.63, 3.8) is 0 Å². The number of hydrogen-bond acceptors (Lipinski definition) is 4. The molecule has 5 heteroatoms. The number of amides is 1. The topological polar surface area (TPSA) is 36.0 Å². The lowest BCUT2D eigenvalue weighted by molar-refractivity contribution is -0.133. The van der Waals surface area contributed by atoms with Crippen molar-refractivity contribution in [2.75, 3.05) is 44.7 Å². The lowest BCUT2D eigenvalue weighted by Gasteiger charge is -2.37. The Morgan fingerprint density at radius 3 is 2.41 bits per heavy atom. The van der Waals surface area contributed by atoms with Crippen molar-refractivity contribution in [3.05, 3.63) is 59.7 Å². The van der Waals surface area contributed by atoms with Crippen LogP contribution in [-0.4, -0.2) is 61.6 Å². The van der Waals surface area contributed by atoms with Crippen molar-refractivity contribution in [2.24, 2.45) is 0 Å². The van der Waals surface area contributed by atoms with Gasteiger partial charge in [-0.15, -0.1) is 0 Å². The highest BCUT2D eigenvalue weighted by Crippen LogP contribution is 2.29. The summed E-state index contributed by atoms with van der Waals surface area (Å²) in [6.45, 7) is 6.86. The minimum absolute atomic E-state index is 0.259. The monoisotopic (exact) mass is 393 g/mol. The number of piperazine rings is 1. The van der Waals surface area contributed by atoms with Gasteiger partial charge in [-0.25, -0.2) is 0 Å². The van der Waals surface area contributed by atoms with Crippen LogP contribution in [0.3, 0.4) is 0 Å². The van der Waals surface area contributed by atoms with Crippen LogP contribution in [-0.2, 0) is 11.3 Å². The molecule has 2 aromatic rings. The molecule has 0 radical (unpaired) electrons. The number of carbonyl (C=O) groups is 1. The molecule has 29 heavy (non-hydrogen) atoms. The summed E-state index contributed by atoms with van der Waals surface area (Å²) in [5.41, 5.74) is 3.77. The first-order valence-corrected chi connectivity index (χ1v) is 10.6. The summed E-state index contributed by atoms with van der Waals surface area (Å²) in [7, 11) is 1.68. The van der Waals surface area contributed by atoms with Crippen molar-refractivity contribution < 1.29 is 9.53 Å². The van der Waals surface area contributed by atoms with Crippen LogP contribution in [0.4, 0.5) is 5.69 Å². The maximum Gasteiger partial charge on any atom is 0.236 e. The molecule has 5 nitrogen and oxygen atoms in total. The van der Waals surface area contributed by atoms with E-state index in [0.717, 1.165) is 38.5 Å². The molecule has 1 heterocycles. The number of aryl methyl sites for hydroxylation is 1. The van der Waals surface area contributed by atoms with Crippen LogP contribution in [0.2, 0.25) is 0 Å². The fraction of sp³-hybridized carbons (Fsp3) is 0.458. The smallest absolute Gasteiger partial charge is 0.236 e. The number of methoxy groups -OCH3 is 1. The van der Waals surface area contributed by atoms with E-state index in [-0.39, 0.29) is 5.91 Å². The van der Waals surface area contributed by atoms with Crippen molar-refractivity contribution in [2.45, 2.75) is 32.4 Å². The van der Waals surface area contributed by atoms with Gasteiger partial charge in [0.05, 0.1) is 13.7 Å². The number of hydrogen-bond donors (Lipinski definition) is 0. The van der Waals surface area contributed by atoms with E-state index in [1.807, 2.05) is 17.0 Å².